The first-order chi connectivity index (χ1) is 9.95. The number of hydrogen-bond acceptors (Lipinski definition) is 6. The number of rotatable bonds is 7. The molecule has 1 aromatic heterocycles. The molecule has 0 unspecified atom stereocenters. The SMILES string of the molecule is CNC(=O)c1c(NCCN(C)C)sc(C(=O)C2CC2)c1N. The molecule has 1 aliphatic carbocycles. The van der Waals surface area contributed by atoms with Gasteiger partial charge < -0.3 is 21.3 Å². The number of anilines is 2. The van der Waals surface area contributed by atoms with E-state index in [9.17, 15) is 9.59 Å². The maximum Gasteiger partial charge on any atom is 0.256 e. The summed E-state index contributed by atoms with van der Waals surface area (Å²) in [5, 5.41) is 6.48. The van der Waals surface area contributed by atoms with Gasteiger partial charge in [-0.25, -0.2) is 0 Å². The molecule has 0 aromatic carbocycles. The normalized spacial score (nSPS) is 14.3. The summed E-state index contributed by atoms with van der Waals surface area (Å²) in [6.07, 6.45) is 1.85. The van der Waals surface area contributed by atoms with Gasteiger partial charge in [-0.2, -0.15) is 0 Å². The maximum atomic E-state index is 12.2. The Labute approximate surface area is 128 Å². The molecular weight excluding hydrogens is 288 g/mol. The van der Waals surface area contributed by atoms with E-state index in [1.54, 1.807) is 7.05 Å². The molecule has 0 bridgehead atoms. The number of nitrogens with two attached hydrogens (primary N) is 1. The lowest BCUT2D eigenvalue weighted by Crippen LogP contribution is -2.23. The Hall–Kier alpha value is -1.60. The van der Waals surface area contributed by atoms with Crippen LogP contribution in [0.5, 0.6) is 0 Å². The van der Waals surface area contributed by atoms with Crippen LogP contribution in [0.15, 0.2) is 0 Å². The molecule has 1 heterocycles. The number of amides is 1. The summed E-state index contributed by atoms with van der Waals surface area (Å²) in [6.45, 7) is 1.52. The Morgan fingerprint density at radius 1 is 1.38 bits per heavy atom. The number of hydrogen-bond donors (Lipinski definition) is 3. The highest BCUT2D eigenvalue weighted by Gasteiger charge is 2.35. The van der Waals surface area contributed by atoms with E-state index in [2.05, 4.69) is 10.6 Å². The zero-order valence-electron chi connectivity index (χ0n) is 12.7. The summed E-state index contributed by atoms with van der Waals surface area (Å²) in [5.74, 6) is -0.0904. The molecule has 1 saturated carbocycles. The second-order valence-corrected chi connectivity index (χ2v) is 6.52. The summed E-state index contributed by atoms with van der Waals surface area (Å²) >= 11 is 1.29. The van der Waals surface area contributed by atoms with Crippen LogP contribution < -0.4 is 16.4 Å². The molecule has 21 heavy (non-hydrogen) atoms. The Morgan fingerprint density at radius 2 is 2.05 bits per heavy atom. The molecular formula is C14H22N4O2S. The molecule has 6 nitrogen and oxygen atoms in total. The highest BCUT2D eigenvalue weighted by molar-refractivity contribution is 7.19. The van der Waals surface area contributed by atoms with Crippen molar-refractivity contribution in [2.24, 2.45) is 5.92 Å². The third-order valence-electron chi connectivity index (χ3n) is 3.42. The molecule has 2 rings (SSSR count). The van der Waals surface area contributed by atoms with Gasteiger partial charge >= 0.3 is 0 Å². The number of nitrogens with zero attached hydrogens (tertiary/aromatic N) is 1. The standard InChI is InChI=1S/C14H22N4O2S/c1-16-13(20)9-10(15)12(11(19)8-4-5-8)21-14(9)17-6-7-18(2)3/h8,17H,4-7,15H2,1-3H3,(H,16,20). The predicted molar refractivity (Wildman–Crippen MR) is 86.2 cm³/mol. The maximum absolute atomic E-state index is 12.2. The van der Waals surface area contributed by atoms with Crippen LogP contribution in [-0.4, -0.2) is 50.8 Å². The predicted octanol–water partition coefficient (Wildman–Crippen LogP) is 1.26. The number of nitrogen functional groups attached to an aromatic ring is 1. The van der Waals surface area contributed by atoms with E-state index < -0.39 is 0 Å². The van der Waals surface area contributed by atoms with Gasteiger partial charge in [0.05, 0.1) is 16.1 Å². The quantitative estimate of drug-likeness (QED) is 0.660. The van der Waals surface area contributed by atoms with Gasteiger partial charge in [-0.15, -0.1) is 11.3 Å². The van der Waals surface area contributed by atoms with E-state index >= 15 is 0 Å². The van der Waals surface area contributed by atoms with Crippen molar-refractivity contribution in [1.82, 2.24) is 10.2 Å². The summed E-state index contributed by atoms with van der Waals surface area (Å²) in [4.78, 5) is 26.8. The molecule has 4 N–H and O–H groups in total. The smallest absolute Gasteiger partial charge is 0.256 e. The van der Waals surface area contributed by atoms with Crippen LogP contribution >= 0.6 is 11.3 Å². The minimum Gasteiger partial charge on any atom is -0.397 e. The molecule has 0 spiro atoms. The van der Waals surface area contributed by atoms with Crippen molar-refractivity contribution in [2.45, 2.75) is 12.8 Å². The van der Waals surface area contributed by atoms with Crippen molar-refractivity contribution in [3.05, 3.63) is 10.4 Å². The number of likely N-dealkylation sites (N-methyl/N-ethyl adjacent to an activating group) is 1. The minimum atomic E-state index is -0.258. The molecule has 0 aliphatic heterocycles. The molecule has 1 aliphatic rings. The number of Topliss-reactive ketones (excluding diaryl/α,β-unsaturated/α-hetero) is 1. The lowest BCUT2D eigenvalue weighted by atomic mass is 10.1. The Bertz CT molecular complexity index is 549. The molecule has 0 atom stereocenters. The topological polar surface area (TPSA) is 87.5 Å². The molecule has 116 valence electrons. The second kappa shape index (κ2) is 6.44. The number of carbonyl (C=O) groups excluding carboxylic acids is 2. The fourth-order valence-corrected chi connectivity index (χ4v) is 3.19. The number of nitrogens with one attached hydrogen (secondary N) is 2. The highest BCUT2D eigenvalue weighted by atomic mass is 32.1. The monoisotopic (exact) mass is 310 g/mol. The lowest BCUT2D eigenvalue weighted by molar-refractivity contribution is 0.0964. The van der Waals surface area contributed by atoms with Gasteiger partial charge in [0, 0.05) is 26.1 Å². The van der Waals surface area contributed by atoms with E-state index in [1.807, 2.05) is 19.0 Å². The zero-order valence-corrected chi connectivity index (χ0v) is 13.5. The van der Waals surface area contributed by atoms with Crippen LogP contribution in [0.1, 0.15) is 32.9 Å². The first-order valence-electron chi connectivity index (χ1n) is 7.02. The average Bonchev–Trinajstić information content (AvgIpc) is 3.22. The molecule has 7 heteroatoms. The Morgan fingerprint density at radius 3 is 2.57 bits per heavy atom. The zero-order chi connectivity index (χ0) is 15.6. The van der Waals surface area contributed by atoms with Crippen LogP contribution in [0.3, 0.4) is 0 Å². The fourth-order valence-electron chi connectivity index (χ4n) is 2.03. The number of ketones is 1. The van der Waals surface area contributed by atoms with Crippen molar-refractivity contribution in [3.8, 4) is 0 Å². The highest BCUT2D eigenvalue weighted by Crippen LogP contribution is 2.41. The van der Waals surface area contributed by atoms with E-state index in [0.29, 0.717) is 27.7 Å². The third-order valence-corrected chi connectivity index (χ3v) is 4.59. The van der Waals surface area contributed by atoms with Crippen molar-refractivity contribution in [1.29, 1.82) is 0 Å². The molecule has 0 radical (unpaired) electrons. The lowest BCUT2D eigenvalue weighted by Gasteiger charge is -2.11. The van der Waals surface area contributed by atoms with Crippen LogP contribution in [0.25, 0.3) is 0 Å². The summed E-state index contributed by atoms with van der Waals surface area (Å²) < 4.78 is 0. The van der Waals surface area contributed by atoms with Gasteiger partial charge in [0.2, 0.25) is 0 Å². The molecule has 1 aromatic rings. The number of thiophene rings is 1. The largest absolute Gasteiger partial charge is 0.397 e. The Kier molecular flexibility index (Phi) is 4.84. The van der Waals surface area contributed by atoms with Crippen molar-refractivity contribution in [2.75, 3.05) is 45.3 Å². The van der Waals surface area contributed by atoms with E-state index in [0.717, 1.165) is 19.4 Å². The molecule has 0 saturated heterocycles. The van der Waals surface area contributed by atoms with E-state index in [1.165, 1.54) is 11.3 Å². The third kappa shape index (κ3) is 3.54. The average molecular weight is 310 g/mol. The first-order valence-corrected chi connectivity index (χ1v) is 7.84. The van der Waals surface area contributed by atoms with Gasteiger partial charge in [0.15, 0.2) is 5.78 Å². The van der Waals surface area contributed by atoms with E-state index in [4.69, 9.17) is 5.73 Å². The summed E-state index contributed by atoms with van der Waals surface area (Å²) in [6, 6.07) is 0. The van der Waals surface area contributed by atoms with Gasteiger partial charge in [-0.3, -0.25) is 9.59 Å². The van der Waals surface area contributed by atoms with Gasteiger partial charge in [-0.05, 0) is 26.9 Å². The van der Waals surface area contributed by atoms with Crippen LogP contribution in [0.2, 0.25) is 0 Å². The summed E-state index contributed by atoms with van der Waals surface area (Å²) in [5.41, 5.74) is 6.76. The van der Waals surface area contributed by atoms with Gasteiger partial charge in [0.25, 0.3) is 5.91 Å². The minimum absolute atomic E-state index is 0.0725. The van der Waals surface area contributed by atoms with Crippen LogP contribution in [0, 0.1) is 5.92 Å². The van der Waals surface area contributed by atoms with Gasteiger partial charge in [-0.1, -0.05) is 0 Å². The second-order valence-electron chi connectivity index (χ2n) is 5.50. The van der Waals surface area contributed by atoms with Crippen molar-refractivity contribution < 1.29 is 9.59 Å². The summed E-state index contributed by atoms with van der Waals surface area (Å²) in [7, 11) is 5.52. The van der Waals surface area contributed by atoms with Crippen LogP contribution in [0.4, 0.5) is 10.7 Å². The van der Waals surface area contributed by atoms with E-state index in [-0.39, 0.29) is 17.6 Å². The number of carbonyl (C=O) groups is 2. The first kappa shape index (κ1) is 15.8. The van der Waals surface area contributed by atoms with Crippen molar-refractivity contribution >= 4 is 33.7 Å². The van der Waals surface area contributed by atoms with Crippen molar-refractivity contribution in [3.63, 3.8) is 0 Å². The Balaban J connectivity index is 2.25. The molecule has 1 amide bonds. The molecule has 1 fully saturated rings. The van der Waals surface area contributed by atoms with Gasteiger partial charge in [0.1, 0.15) is 5.00 Å². The fraction of sp³-hybridized carbons (Fsp3) is 0.571. The van der Waals surface area contributed by atoms with Crippen LogP contribution in [-0.2, 0) is 0 Å².